The number of rotatable bonds is 4. The third-order valence-electron chi connectivity index (χ3n) is 1.76. The summed E-state index contributed by atoms with van der Waals surface area (Å²) in [6.07, 6.45) is -11.0. The molecule has 0 saturated heterocycles. The SMILES string of the molecule is CC[N]c1ccccc1OC(F)(F)C(F)(F)F. The summed E-state index contributed by atoms with van der Waals surface area (Å²) in [6, 6.07) is 5.06. The summed E-state index contributed by atoms with van der Waals surface area (Å²) >= 11 is 0. The molecule has 0 N–H and O–H groups in total. The molecule has 0 aromatic heterocycles. The van der Waals surface area contributed by atoms with Crippen LogP contribution in [0.5, 0.6) is 5.75 Å². The van der Waals surface area contributed by atoms with E-state index >= 15 is 0 Å². The maximum Gasteiger partial charge on any atom is 0.499 e. The Kier molecular flexibility index (Phi) is 3.79. The molecule has 0 fully saturated rings. The van der Waals surface area contributed by atoms with Crippen molar-refractivity contribution < 1.29 is 26.7 Å². The van der Waals surface area contributed by atoms with Gasteiger partial charge in [-0.15, -0.1) is 0 Å². The number of ether oxygens (including phenoxy) is 1. The predicted octanol–water partition coefficient (Wildman–Crippen LogP) is 3.48. The quantitative estimate of drug-likeness (QED) is 0.754. The number of hydrogen-bond acceptors (Lipinski definition) is 1. The average molecular weight is 254 g/mol. The Morgan fingerprint density at radius 3 is 2.24 bits per heavy atom. The van der Waals surface area contributed by atoms with Gasteiger partial charge in [-0.2, -0.15) is 22.0 Å². The van der Waals surface area contributed by atoms with E-state index in [0.29, 0.717) is 0 Å². The summed E-state index contributed by atoms with van der Waals surface area (Å²) < 4.78 is 64.8. The second-order valence-corrected chi connectivity index (χ2v) is 3.06. The van der Waals surface area contributed by atoms with Crippen LogP contribution in [0.3, 0.4) is 0 Å². The first-order chi connectivity index (χ1) is 7.78. The van der Waals surface area contributed by atoms with Gasteiger partial charge in [0.1, 0.15) is 0 Å². The summed E-state index contributed by atoms with van der Waals surface area (Å²) in [5.41, 5.74) is -0.0427. The molecule has 1 aromatic carbocycles. The van der Waals surface area contributed by atoms with Crippen LogP contribution in [-0.2, 0) is 0 Å². The van der Waals surface area contributed by atoms with Gasteiger partial charge in [0.05, 0.1) is 5.69 Å². The molecule has 0 unspecified atom stereocenters. The minimum absolute atomic E-state index is 0.0427. The third-order valence-corrected chi connectivity index (χ3v) is 1.76. The first-order valence-electron chi connectivity index (χ1n) is 4.68. The molecule has 0 aliphatic carbocycles. The van der Waals surface area contributed by atoms with Gasteiger partial charge in [0.2, 0.25) is 0 Å². The molecular weight excluding hydrogens is 245 g/mol. The highest BCUT2D eigenvalue weighted by atomic mass is 19.4. The van der Waals surface area contributed by atoms with Crippen molar-refractivity contribution in [1.82, 2.24) is 5.32 Å². The first kappa shape index (κ1) is 13.5. The van der Waals surface area contributed by atoms with E-state index in [1.54, 1.807) is 6.92 Å². The first-order valence-corrected chi connectivity index (χ1v) is 4.68. The van der Waals surface area contributed by atoms with Gasteiger partial charge in [-0.25, -0.2) is 0 Å². The molecule has 95 valence electrons. The van der Waals surface area contributed by atoms with Crippen LogP contribution in [0.15, 0.2) is 24.3 Å². The maximum absolute atomic E-state index is 12.6. The summed E-state index contributed by atoms with van der Waals surface area (Å²) in [7, 11) is 0. The van der Waals surface area contributed by atoms with Crippen molar-refractivity contribution in [3.63, 3.8) is 0 Å². The van der Waals surface area contributed by atoms with E-state index in [1.807, 2.05) is 0 Å². The van der Waals surface area contributed by atoms with Gasteiger partial charge >= 0.3 is 12.3 Å². The number of benzene rings is 1. The second kappa shape index (κ2) is 4.77. The van der Waals surface area contributed by atoms with Crippen molar-refractivity contribution in [3.8, 4) is 5.75 Å². The van der Waals surface area contributed by atoms with Gasteiger partial charge in [0, 0.05) is 6.54 Å². The summed E-state index contributed by atoms with van der Waals surface area (Å²) in [6.45, 7) is 1.87. The number of alkyl halides is 5. The van der Waals surface area contributed by atoms with Gasteiger partial charge in [-0.1, -0.05) is 12.1 Å². The number of hydrogen-bond donors (Lipinski definition) is 0. The van der Waals surface area contributed by atoms with Crippen LogP contribution < -0.4 is 10.1 Å². The Morgan fingerprint density at radius 2 is 1.71 bits per heavy atom. The highest BCUT2D eigenvalue weighted by Crippen LogP contribution is 2.39. The van der Waals surface area contributed by atoms with E-state index in [4.69, 9.17) is 0 Å². The number of nitrogens with zero attached hydrogens (tertiary/aromatic N) is 1. The molecule has 0 amide bonds. The van der Waals surface area contributed by atoms with Crippen LogP contribution in [0.25, 0.3) is 0 Å². The zero-order chi connectivity index (χ0) is 13.1. The largest absolute Gasteiger partial charge is 0.499 e. The van der Waals surface area contributed by atoms with Crippen molar-refractivity contribution in [1.29, 1.82) is 0 Å². The normalized spacial score (nSPS) is 12.4. The Hall–Kier alpha value is -1.53. The fraction of sp³-hybridized carbons (Fsp3) is 0.400. The van der Waals surface area contributed by atoms with Gasteiger partial charge < -0.3 is 4.74 Å². The van der Waals surface area contributed by atoms with E-state index in [0.717, 1.165) is 6.07 Å². The summed E-state index contributed by atoms with van der Waals surface area (Å²) in [5, 5.41) is 3.75. The highest BCUT2D eigenvalue weighted by molar-refractivity contribution is 5.50. The van der Waals surface area contributed by atoms with Crippen molar-refractivity contribution in [2.45, 2.75) is 19.2 Å². The molecule has 1 rings (SSSR count). The van der Waals surface area contributed by atoms with E-state index < -0.39 is 18.0 Å². The molecule has 2 nitrogen and oxygen atoms in total. The maximum atomic E-state index is 12.6. The summed E-state index contributed by atoms with van der Waals surface area (Å²) in [4.78, 5) is 0. The van der Waals surface area contributed by atoms with E-state index in [1.165, 1.54) is 18.2 Å². The summed E-state index contributed by atoms with van der Waals surface area (Å²) in [5.74, 6) is -0.600. The Morgan fingerprint density at radius 1 is 1.12 bits per heavy atom. The fourth-order valence-corrected chi connectivity index (χ4v) is 1.04. The standard InChI is InChI=1S/C10H9F5NO/c1-2-16-7-5-3-4-6-8(7)17-10(14,15)9(11,12)13/h3-6H,2H2,1H3. The number of halogens is 5. The molecule has 0 atom stereocenters. The van der Waals surface area contributed by atoms with Crippen molar-refractivity contribution >= 4 is 5.69 Å². The van der Waals surface area contributed by atoms with E-state index in [9.17, 15) is 22.0 Å². The molecule has 17 heavy (non-hydrogen) atoms. The third kappa shape index (κ3) is 3.21. The lowest BCUT2D eigenvalue weighted by Gasteiger charge is -2.21. The minimum atomic E-state index is -5.76. The Balaban J connectivity index is 2.95. The highest BCUT2D eigenvalue weighted by Gasteiger charge is 2.61. The van der Waals surface area contributed by atoms with Gasteiger partial charge in [-0.05, 0) is 19.1 Å². The Bertz CT molecular complexity index is 377. The fourth-order valence-electron chi connectivity index (χ4n) is 1.04. The molecule has 0 saturated carbocycles. The average Bonchev–Trinajstić information content (AvgIpc) is 2.19. The molecule has 0 aliphatic rings. The van der Waals surface area contributed by atoms with Crippen LogP contribution in [0.1, 0.15) is 6.92 Å². The lowest BCUT2D eigenvalue weighted by molar-refractivity contribution is -0.360. The van der Waals surface area contributed by atoms with Gasteiger partial charge in [0.25, 0.3) is 0 Å². The van der Waals surface area contributed by atoms with Crippen molar-refractivity contribution in [2.24, 2.45) is 0 Å². The zero-order valence-electron chi connectivity index (χ0n) is 8.76. The molecule has 0 bridgehead atoms. The number of para-hydroxylation sites is 2. The zero-order valence-corrected chi connectivity index (χ0v) is 8.76. The molecule has 0 aliphatic heterocycles. The molecule has 7 heteroatoms. The van der Waals surface area contributed by atoms with Crippen molar-refractivity contribution in [2.75, 3.05) is 6.54 Å². The van der Waals surface area contributed by atoms with Gasteiger partial charge in [-0.3, -0.25) is 5.32 Å². The van der Waals surface area contributed by atoms with Crippen LogP contribution in [0.4, 0.5) is 27.6 Å². The monoisotopic (exact) mass is 254 g/mol. The Labute approximate surface area is 94.4 Å². The second-order valence-electron chi connectivity index (χ2n) is 3.06. The molecular formula is C10H9F5NO. The lowest BCUT2D eigenvalue weighted by Crippen LogP contribution is -2.42. The topological polar surface area (TPSA) is 23.3 Å². The predicted molar refractivity (Wildman–Crippen MR) is 50.4 cm³/mol. The van der Waals surface area contributed by atoms with Crippen LogP contribution in [0, 0.1) is 0 Å². The molecule has 0 spiro atoms. The van der Waals surface area contributed by atoms with Gasteiger partial charge in [0.15, 0.2) is 5.75 Å². The van der Waals surface area contributed by atoms with Crippen molar-refractivity contribution in [3.05, 3.63) is 24.3 Å². The van der Waals surface area contributed by atoms with Crippen LogP contribution >= 0.6 is 0 Å². The molecule has 1 radical (unpaired) electrons. The van der Waals surface area contributed by atoms with E-state index in [-0.39, 0.29) is 12.2 Å². The minimum Gasteiger partial charge on any atom is -0.423 e. The molecule has 0 heterocycles. The lowest BCUT2D eigenvalue weighted by atomic mass is 10.3. The molecule has 1 aromatic rings. The van der Waals surface area contributed by atoms with Crippen LogP contribution in [0.2, 0.25) is 0 Å². The smallest absolute Gasteiger partial charge is 0.423 e. The van der Waals surface area contributed by atoms with Crippen LogP contribution in [-0.4, -0.2) is 18.8 Å². The van der Waals surface area contributed by atoms with E-state index in [2.05, 4.69) is 10.1 Å².